The predicted molar refractivity (Wildman–Crippen MR) is 83.7 cm³/mol. The quantitative estimate of drug-likeness (QED) is 0.796. The van der Waals surface area contributed by atoms with Crippen LogP contribution in [0.25, 0.3) is 22.2 Å². The molecule has 4 nitrogen and oxygen atoms in total. The summed E-state index contributed by atoms with van der Waals surface area (Å²) in [4.78, 5) is 4.61. The average Bonchev–Trinajstić information content (AvgIpc) is 2.98. The highest BCUT2D eigenvalue weighted by Gasteiger charge is 2.18. The van der Waals surface area contributed by atoms with E-state index in [1.165, 1.54) is 0 Å². The molecule has 0 unspecified atom stereocenters. The summed E-state index contributed by atoms with van der Waals surface area (Å²) in [5, 5.41) is 4.26. The Kier molecular flexibility index (Phi) is 3.63. The zero-order chi connectivity index (χ0) is 14.1. The number of hydrogen-bond acceptors (Lipinski definition) is 3. The molecule has 2 aromatic heterocycles. The second-order valence-corrected chi connectivity index (χ2v) is 5.48. The lowest BCUT2D eigenvalue weighted by Crippen LogP contribution is -2.13. The zero-order valence-electron chi connectivity index (χ0n) is 11.5. The van der Waals surface area contributed by atoms with Gasteiger partial charge in [0.15, 0.2) is 0 Å². The summed E-state index contributed by atoms with van der Waals surface area (Å²) in [5.74, 6) is 1.05. The third-order valence-corrected chi connectivity index (χ3v) is 4.03. The standard InChI is InChI=1S/C15H16BrN3O/c1-17-8-7-13-18-15(16)14(19(13)2)11-9-20-12-6-4-3-5-10(11)12/h3-6,9,17H,7-8H2,1-2H3. The lowest BCUT2D eigenvalue weighted by molar-refractivity contribution is 0.616. The molecule has 5 heteroatoms. The van der Waals surface area contributed by atoms with E-state index in [4.69, 9.17) is 4.42 Å². The first-order valence-corrected chi connectivity index (χ1v) is 7.34. The minimum absolute atomic E-state index is 0.859. The Hall–Kier alpha value is -1.59. The van der Waals surface area contributed by atoms with Crippen LogP contribution in [0.1, 0.15) is 5.82 Å². The lowest BCUT2D eigenvalue weighted by atomic mass is 10.1. The number of likely N-dealkylation sites (N-methyl/N-ethyl adjacent to an activating group) is 1. The highest BCUT2D eigenvalue weighted by molar-refractivity contribution is 9.10. The maximum absolute atomic E-state index is 5.63. The van der Waals surface area contributed by atoms with Gasteiger partial charge in [-0.3, -0.25) is 0 Å². The van der Waals surface area contributed by atoms with E-state index in [0.717, 1.165) is 45.6 Å². The van der Waals surface area contributed by atoms with Gasteiger partial charge < -0.3 is 14.3 Å². The Morgan fingerprint density at radius 3 is 2.95 bits per heavy atom. The van der Waals surface area contributed by atoms with Gasteiger partial charge in [-0.1, -0.05) is 18.2 Å². The number of halogens is 1. The van der Waals surface area contributed by atoms with Crippen LogP contribution in [0.4, 0.5) is 0 Å². The van der Waals surface area contributed by atoms with Crippen LogP contribution in [0.5, 0.6) is 0 Å². The zero-order valence-corrected chi connectivity index (χ0v) is 13.1. The molecule has 3 rings (SSSR count). The minimum atomic E-state index is 0.859. The van der Waals surface area contributed by atoms with E-state index >= 15 is 0 Å². The fourth-order valence-corrected chi connectivity index (χ4v) is 3.11. The molecule has 104 valence electrons. The number of rotatable bonds is 4. The number of fused-ring (bicyclic) bond motifs is 1. The normalized spacial score (nSPS) is 11.3. The van der Waals surface area contributed by atoms with E-state index in [-0.39, 0.29) is 0 Å². The van der Waals surface area contributed by atoms with Crippen LogP contribution < -0.4 is 5.32 Å². The Labute approximate surface area is 125 Å². The van der Waals surface area contributed by atoms with Gasteiger partial charge in [-0.25, -0.2) is 4.98 Å². The molecule has 0 radical (unpaired) electrons. The van der Waals surface area contributed by atoms with Gasteiger partial charge in [0.25, 0.3) is 0 Å². The van der Waals surface area contributed by atoms with Crippen molar-refractivity contribution in [3.63, 3.8) is 0 Å². The van der Waals surface area contributed by atoms with Gasteiger partial charge in [0.2, 0.25) is 0 Å². The Balaban J connectivity index is 2.12. The molecular formula is C15H16BrN3O. The molecular weight excluding hydrogens is 318 g/mol. The first-order chi connectivity index (χ1) is 9.72. The Bertz CT molecular complexity index is 745. The molecule has 0 saturated heterocycles. The Morgan fingerprint density at radius 2 is 2.15 bits per heavy atom. The summed E-state index contributed by atoms with van der Waals surface area (Å²) >= 11 is 3.57. The largest absolute Gasteiger partial charge is 0.464 e. The number of para-hydroxylation sites is 1. The van der Waals surface area contributed by atoms with Gasteiger partial charge in [-0.2, -0.15) is 0 Å². The van der Waals surface area contributed by atoms with Crippen molar-refractivity contribution in [1.82, 2.24) is 14.9 Å². The van der Waals surface area contributed by atoms with Crippen LogP contribution >= 0.6 is 15.9 Å². The predicted octanol–water partition coefficient (Wildman–Crippen LogP) is 3.36. The summed E-state index contributed by atoms with van der Waals surface area (Å²) < 4.78 is 8.61. The monoisotopic (exact) mass is 333 g/mol. The first kappa shape index (κ1) is 13.4. The average molecular weight is 334 g/mol. The number of imidazole rings is 1. The molecule has 3 aromatic rings. The molecule has 2 heterocycles. The summed E-state index contributed by atoms with van der Waals surface area (Å²) in [6.07, 6.45) is 2.69. The van der Waals surface area contributed by atoms with Crippen LogP contribution in [-0.2, 0) is 13.5 Å². The third-order valence-electron chi connectivity index (χ3n) is 3.48. The number of hydrogen-bond donors (Lipinski definition) is 1. The van der Waals surface area contributed by atoms with E-state index in [9.17, 15) is 0 Å². The maximum Gasteiger partial charge on any atom is 0.134 e. The maximum atomic E-state index is 5.63. The van der Waals surface area contributed by atoms with Crippen LogP contribution in [0, 0.1) is 0 Å². The van der Waals surface area contributed by atoms with E-state index in [0.29, 0.717) is 0 Å². The molecule has 0 atom stereocenters. The minimum Gasteiger partial charge on any atom is -0.464 e. The van der Waals surface area contributed by atoms with Crippen molar-refractivity contribution in [2.24, 2.45) is 7.05 Å². The lowest BCUT2D eigenvalue weighted by Gasteiger charge is -2.05. The fourth-order valence-electron chi connectivity index (χ4n) is 2.42. The second-order valence-electron chi connectivity index (χ2n) is 4.73. The van der Waals surface area contributed by atoms with Gasteiger partial charge >= 0.3 is 0 Å². The summed E-state index contributed by atoms with van der Waals surface area (Å²) in [6, 6.07) is 8.05. The van der Waals surface area contributed by atoms with Crippen molar-refractivity contribution in [2.75, 3.05) is 13.6 Å². The van der Waals surface area contributed by atoms with Crippen LogP contribution in [0.15, 0.2) is 39.5 Å². The number of benzene rings is 1. The number of nitrogens with zero attached hydrogens (tertiary/aromatic N) is 2. The van der Waals surface area contributed by atoms with Gasteiger partial charge in [-0.05, 0) is 29.0 Å². The topological polar surface area (TPSA) is 43.0 Å². The fraction of sp³-hybridized carbons (Fsp3) is 0.267. The molecule has 0 aliphatic carbocycles. The highest BCUT2D eigenvalue weighted by atomic mass is 79.9. The third kappa shape index (κ3) is 2.17. The highest BCUT2D eigenvalue weighted by Crippen LogP contribution is 2.35. The SMILES string of the molecule is CNCCc1nc(Br)c(-c2coc3ccccc23)n1C. The van der Waals surface area contributed by atoms with Crippen molar-refractivity contribution < 1.29 is 4.42 Å². The summed E-state index contributed by atoms with van der Waals surface area (Å²) in [7, 11) is 3.99. The van der Waals surface area contributed by atoms with Crippen molar-refractivity contribution >= 4 is 26.9 Å². The molecule has 1 aromatic carbocycles. The van der Waals surface area contributed by atoms with Crippen molar-refractivity contribution in [2.45, 2.75) is 6.42 Å². The molecule has 1 N–H and O–H groups in total. The van der Waals surface area contributed by atoms with Crippen molar-refractivity contribution in [3.05, 3.63) is 41.0 Å². The Morgan fingerprint density at radius 1 is 1.35 bits per heavy atom. The summed E-state index contributed by atoms with van der Waals surface area (Å²) in [5.41, 5.74) is 3.02. The second kappa shape index (κ2) is 5.42. The molecule has 0 saturated carbocycles. The van der Waals surface area contributed by atoms with E-state index < -0.39 is 0 Å². The number of nitrogens with one attached hydrogen (secondary N) is 1. The first-order valence-electron chi connectivity index (χ1n) is 6.54. The number of furan rings is 1. The molecule has 0 bridgehead atoms. The van der Waals surface area contributed by atoms with Crippen LogP contribution in [0.3, 0.4) is 0 Å². The van der Waals surface area contributed by atoms with Crippen LogP contribution in [0.2, 0.25) is 0 Å². The summed E-state index contributed by atoms with van der Waals surface area (Å²) in [6.45, 7) is 0.906. The van der Waals surface area contributed by atoms with Crippen molar-refractivity contribution in [1.29, 1.82) is 0 Å². The molecule has 20 heavy (non-hydrogen) atoms. The number of aromatic nitrogens is 2. The smallest absolute Gasteiger partial charge is 0.134 e. The van der Waals surface area contributed by atoms with E-state index in [2.05, 4.69) is 36.9 Å². The van der Waals surface area contributed by atoms with Crippen LogP contribution in [-0.4, -0.2) is 23.1 Å². The molecule has 0 fully saturated rings. The van der Waals surface area contributed by atoms with E-state index in [1.54, 1.807) is 6.26 Å². The van der Waals surface area contributed by atoms with Gasteiger partial charge in [0.05, 0.1) is 5.69 Å². The molecule has 0 aliphatic heterocycles. The van der Waals surface area contributed by atoms with Crippen molar-refractivity contribution in [3.8, 4) is 11.3 Å². The van der Waals surface area contributed by atoms with Gasteiger partial charge in [0.1, 0.15) is 22.3 Å². The molecule has 0 spiro atoms. The molecule has 0 aliphatic rings. The van der Waals surface area contributed by atoms with Gasteiger partial charge in [-0.15, -0.1) is 0 Å². The van der Waals surface area contributed by atoms with Gasteiger partial charge in [0, 0.05) is 31.0 Å². The molecule has 0 amide bonds. The van der Waals surface area contributed by atoms with E-state index in [1.807, 2.05) is 32.3 Å².